The number of nitrogens with zero attached hydrogens (tertiary/aromatic N) is 1. The molecule has 2 rings (SSSR count). The number of methoxy groups -OCH3 is 1. The van der Waals surface area contributed by atoms with E-state index in [0.717, 1.165) is 25.4 Å². The number of rotatable bonds is 7. The summed E-state index contributed by atoms with van der Waals surface area (Å²) in [6.07, 6.45) is 3.88. The summed E-state index contributed by atoms with van der Waals surface area (Å²) in [7, 11) is 1.78. The van der Waals surface area contributed by atoms with Crippen molar-refractivity contribution in [1.82, 2.24) is 10.3 Å². The molecule has 3 nitrogen and oxygen atoms in total. The first-order valence-corrected chi connectivity index (χ1v) is 6.36. The van der Waals surface area contributed by atoms with Crippen molar-refractivity contribution in [2.75, 3.05) is 20.3 Å². The van der Waals surface area contributed by atoms with Gasteiger partial charge in [-0.25, -0.2) is 4.98 Å². The molecule has 0 aliphatic heterocycles. The van der Waals surface area contributed by atoms with Crippen LogP contribution in [0.5, 0.6) is 0 Å². The van der Waals surface area contributed by atoms with Gasteiger partial charge in [0.25, 0.3) is 0 Å². The van der Waals surface area contributed by atoms with Crippen molar-refractivity contribution in [3.63, 3.8) is 0 Å². The second kappa shape index (κ2) is 5.05. The number of hydrogen-bond donors (Lipinski definition) is 1. The van der Waals surface area contributed by atoms with E-state index < -0.39 is 0 Å². The molecule has 0 bridgehead atoms. The van der Waals surface area contributed by atoms with Crippen LogP contribution < -0.4 is 5.32 Å². The molecule has 1 aliphatic carbocycles. The highest BCUT2D eigenvalue weighted by Crippen LogP contribution is 2.48. The standard InChI is InChI=1S/C11H18N2OS/c1-14-5-4-11(2-3-11)8-12-6-10-7-15-9-13-10/h7,9,12H,2-6,8H2,1H3. The average molecular weight is 226 g/mol. The van der Waals surface area contributed by atoms with Gasteiger partial charge in [-0.2, -0.15) is 0 Å². The first-order chi connectivity index (χ1) is 7.35. The van der Waals surface area contributed by atoms with E-state index in [0.29, 0.717) is 5.41 Å². The molecule has 1 saturated carbocycles. The van der Waals surface area contributed by atoms with E-state index in [-0.39, 0.29) is 0 Å². The highest BCUT2D eigenvalue weighted by molar-refractivity contribution is 7.07. The predicted molar refractivity (Wildman–Crippen MR) is 62.0 cm³/mol. The van der Waals surface area contributed by atoms with Gasteiger partial charge in [0.2, 0.25) is 0 Å². The summed E-state index contributed by atoms with van der Waals surface area (Å²) in [5.41, 5.74) is 3.57. The summed E-state index contributed by atoms with van der Waals surface area (Å²) in [6.45, 7) is 2.89. The topological polar surface area (TPSA) is 34.1 Å². The van der Waals surface area contributed by atoms with E-state index >= 15 is 0 Å². The highest BCUT2D eigenvalue weighted by Gasteiger charge is 2.41. The largest absolute Gasteiger partial charge is 0.385 e. The molecule has 1 aromatic heterocycles. The Kier molecular flexibility index (Phi) is 3.72. The highest BCUT2D eigenvalue weighted by atomic mass is 32.1. The quantitative estimate of drug-likeness (QED) is 0.772. The lowest BCUT2D eigenvalue weighted by Gasteiger charge is -2.14. The maximum Gasteiger partial charge on any atom is 0.0795 e. The Bertz CT molecular complexity index is 283. The van der Waals surface area contributed by atoms with Gasteiger partial charge in [-0.05, 0) is 24.7 Å². The average Bonchev–Trinajstić information content (AvgIpc) is 2.81. The summed E-state index contributed by atoms with van der Waals surface area (Å²) in [5, 5.41) is 5.59. The van der Waals surface area contributed by atoms with Crippen molar-refractivity contribution in [1.29, 1.82) is 0 Å². The van der Waals surface area contributed by atoms with Crippen molar-refractivity contribution in [3.05, 3.63) is 16.6 Å². The van der Waals surface area contributed by atoms with Crippen molar-refractivity contribution in [3.8, 4) is 0 Å². The summed E-state index contributed by atoms with van der Waals surface area (Å²) < 4.78 is 5.13. The Balaban J connectivity index is 1.65. The molecule has 84 valence electrons. The van der Waals surface area contributed by atoms with E-state index in [2.05, 4.69) is 15.7 Å². The van der Waals surface area contributed by atoms with Crippen LogP contribution >= 0.6 is 11.3 Å². The van der Waals surface area contributed by atoms with E-state index in [1.54, 1.807) is 18.4 Å². The Morgan fingerprint density at radius 2 is 2.47 bits per heavy atom. The molecule has 15 heavy (non-hydrogen) atoms. The van der Waals surface area contributed by atoms with Crippen molar-refractivity contribution in [2.45, 2.75) is 25.8 Å². The van der Waals surface area contributed by atoms with Gasteiger partial charge < -0.3 is 10.1 Å². The molecule has 0 spiro atoms. The molecule has 0 radical (unpaired) electrons. The van der Waals surface area contributed by atoms with Crippen LogP contribution in [0.25, 0.3) is 0 Å². The van der Waals surface area contributed by atoms with Crippen molar-refractivity contribution in [2.24, 2.45) is 5.41 Å². The second-order valence-electron chi connectivity index (χ2n) is 4.33. The first kappa shape index (κ1) is 11.0. The van der Waals surface area contributed by atoms with E-state index in [9.17, 15) is 0 Å². The molecule has 0 saturated heterocycles. The lowest BCUT2D eigenvalue weighted by molar-refractivity contribution is 0.171. The fourth-order valence-electron chi connectivity index (χ4n) is 1.79. The van der Waals surface area contributed by atoms with E-state index in [1.165, 1.54) is 19.3 Å². The molecular weight excluding hydrogens is 208 g/mol. The van der Waals surface area contributed by atoms with E-state index in [4.69, 9.17) is 4.74 Å². The number of thiazole rings is 1. The van der Waals surface area contributed by atoms with Gasteiger partial charge in [-0.1, -0.05) is 0 Å². The maximum absolute atomic E-state index is 5.13. The summed E-state index contributed by atoms with van der Waals surface area (Å²) in [6, 6.07) is 0. The number of hydrogen-bond acceptors (Lipinski definition) is 4. The Hall–Kier alpha value is -0.450. The number of nitrogens with one attached hydrogen (secondary N) is 1. The Morgan fingerprint density at radius 3 is 3.07 bits per heavy atom. The monoisotopic (exact) mass is 226 g/mol. The normalized spacial score (nSPS) is 17.9. The van der Waals surface area contributed by atoms with Crippen LogP contribution in [0, 0.1) is 5.41 Å². The zero-order chi connectivity index (χ0) is 10.6. The van der Waals surface area contributed by atoms with Crippen LogP contribution in [0.3, 0.4) is 0 Å². The fraction of sp³-hybridized carbons (Fsp3) is 0.727. The van der Waals surface area contributed by atoms with Crippen LogP contribution in [-0.2, 0) is 11.3 Å². The summed E-state index contributed by atoms with van der Waals surface area (Å²) in [4.78, 5) is 4.25. The third-order valence-electron chi connectivity index (χ3n) is 3.08. The Morgan fingerprint density at radius 1 is 1.60 bits per heavy atom. The first-order valence-electron chi connectivity index (χ1n) is 5.41. The molecule has 4 heteroatoms. The predicted octanol–water partition coefficient (Wildman–Crippen LogP) is 2.05. The van der Waals surface area contributed by atoms with Gasteiger partial charge in [-0.3, -0.25) is 0 Å². The molecule has 1 fully saturated rings. The van der Waals surface area contributed by atoms with Crippen LogP contribution in [0.15, 0.2) is 10.9 Å². The molecule has 0 atom stereocenters. The molecule has 1 N–H and O–H groups in total. The van der Waals surface area contributed by atoms with Crippen LogP contribution in [0.1, 0.15) is 25.0 Å². The Labute approximate surface area is 94.9 Å². The minimum Gasteiger partial charge on any atom is -0.385 e. The van der Waals surface area contributed by atoms with Gasteiger partial charge in [0.1, 0.15) is 0 Å². The molecule has 1 heterocycles. The summed E-state index contributed by atoms with van der Waals surface area (Å²) >= 11 is 1.66. The number of ether oxygens (including phenoxy) is 1. The minimum atomic E-state index is 0.534. The zero-order valence-electron chi connectivity index (χ0n) is 9.16. The molecule has 0 amide bonds. The molecule has 0 unspecified atom stereocenters. The molecule has 1 aromatic rings. The second-order valence-corrected chi connectivity index (χ2v) is 5.04. The lowest BCUT2D eigenvalue weighted by Crippen LogP contribution is -2.24. The fourth-order valence-corrected chi connectivity index (χ4v) is 2.35. The molecular formula is C11H18N2OS. The van der Waals surface area contributed by atoms with Gasteiger partial charge in [-0.15, -0.1) is 11.3 Å². The SMILES string of the molecule is COCCC1(CNCc2cscn2)CC1. The van der Waals surface area contributed by atoms with Gasteiger partial charge in [0, 0.05) is 32.2 Å². The molecule has 1 aliphatic rings. The third-order valence-corrected chi connectivity index (χ3v) is 3.72. The number of aromatic nitrogens is 1. The van der Waals surface area contributed by atoms with Crippen LogP contribution in [0.4, 0.5) is 0 Å². The van der Waals surface area contributed by atoms with Crippen LogP contribution in [-0.4, -0.2) is 25.2 Å². The van der Waals surface area contributed by atoms with Crippen molar-refractivity contribution >= 4 is 11.3 Å². The maximum atomic E-state index is 5.13. The van der Waals surface area contributed by atoms with Gasteiger partial charge in [0.15, 0.2) is 0 Å². The van der Waals surface area contributed by atoms with Gasteiger partial charge >= 0.3 is 0 Å². The van der Waals surface area contributed by atoms with Gasteiger partial charge in [0.05, 0.1) is 11.2 Å². The summed E-state index contributed by atoms with van der Waals surface area (Å²) in [5.74, 6) is 0. The zero-order valence-corrected chi connectivity index (χ0v) is 9.98. The third kappa shape index (κ3) is 3.26. The lowest BCUT2D eigenvalue weighted by atomic mass is 10.0. The van der Waals surface area contributed by atoms with E-state index in [1.807, 2.05) is 5.51 Å². The molecule has 0 aromatic carbocycles. The van der Waals surface area contributed by atoms with Crippen molar-refractivity contribution < 1.29 is 4.74 Å². The minimum absolute atomic E-state index is 0.534. The van der Waals surface area contributed by atoms with Crippen LogP contribution in [0.2, 0.25) is 0 Å². The smallest absolute Gasteiger partial charge is 0.0795 e.